The van der Waals surface area contributed by atoms with Crippen LogP contribution in [-0.4, -0.2) is 11.8 Å². The molecule has 0 spiro atoms. The third-order valence-corrected chi connectivity index (χ3v) is 2.79. The van der Waals surface area contributed by atoms with Gasteiger partial charge in [-0.05, 0) is 12.5 Å². The van der Waals surface area contributed by atoms with Crippen molar-refractivity contribution in [1.82, 2.24) is 0 Å². The number of unbranched alkanes of at least 4 members (excludes halogenated alkanes) is 5. The Kier molecular flexibility index (Phi) is 9.34. The van der Waals surface area contributed by atoms with Gasteiger partial charge >= 0.3 is 5.97 Å². The summed E-state index contributed by atoms with van der Waals surface area (Å²) in [5.41, 5.74) is 0. The average Bonchev–Trinajstić information content (AvgIpc) is 2.36. The van der Waals surface area contributed by atoms with Crippen LogP contribution >= 0.6 is 0 Å². The molecule has 0 bridgehead atoms. The Labute approximate surface area is 103 Å². The largest absolute Gasteiger partial charge is 0.373 e. The number of hydrogen-bond acceptors (Lipinski definition) is 4. The minimum Gasteiger partial charge on any atom is -0.373 e. The van der Waals surface area contributed by atoms with Gasteiger partial charge < -0.3 is 4.84 Å². The normalized spacial score (nSPS) is 11.9. The number of hydrogen-bond donors (Lipinski definition) is 1. The first-order valence-corrected chi connectivity index (χ1v) is 6.24. The molecule has 1 unspecified atom stereocenters. The van der Waals surface area contributed by atoms with Crippen LogP contribution < -0.4 is 5.90 Å². The number of rotatable bonds is 10. The maximum atomic E-state index is 11.4. The van der Waals surface area contributed by atoms with E-state index in [4.69, 9.17) is 5.90 Å². The molecule has 0 rings (SSSR count). The number of ketones is 1. The molecular formula is C13H23NO3. The first kappa shape index (κ1) is 15.8. The van der Waals surface area contributed by atoms with Gasteiger partial charge in [0.15, 0.2) is 5.78 Å². The van der Waals surface area contributed by atoms with Crippen molar-refractivity contribution >= 4 is 11.8 Å². The van der Waals surface area contributed by atoms with Gasteiger partial charge in [0.25, 0.3) is 0 Å². The first-order valence-electron chi connectivity index (χ1n) is 6.24. The second-order valence-corrected chi connectivity index (χ2v) is 4.15. The molecule has 0 saturated heterocycles. The fraction of sp³-hybridized carbons (Fsp3) is 0.692. The molecule has 0 aliphatic rings. The summed E-state index contributed by atoms with van der Waals surface area (Å²) in [7, 11) is 0. The fourth-order valence-corrected chi connectivity index (χ4v) is 1.73. The Morgan fingerprint density at radius 3 is 2.35 bits per heavy atom. The minimum absolute atomic E-state index is 0.311. The van der Waals surface area contributed by atoms with Gasteiger partial charge in [0.2, 0.25) is 0 Å². The predicted octanol–water partition coefficient (Wildman–Crippen LogP) is 2.53. The van der Waals surface area contributed by atoms with Crippen molar-refractivity contribution in [3.8, 4) is 0 Å². The lowest BCUT2D eigenvalue weighted by atomic mass is 9.96. The van der Waals surface area contributed by atoms with E-state index in [2.05, 4.69) is 18.3 Å². The Bertz CT molecular complexity index is 251. The summed E-state index contributed by atoms with van der Waals surface area (Å²) < 4.78 is 0. The van der Waals surface area contributed by atoms with Crippen LogP contribution in [0.2, 0.25) is 0 Å². The van der Waals surface area contributed by atoms with E-state index in [9.17, 15) is 9.59 Å². The van der Waals surface area contributed by atoms with Crippen LogP contribution in [0.25, 0.3) is 0 Å². The molecule has 0 fully saturated rings. The van der Waals surface area contributed by atoms with Gasteiger partial charge in [0, 0.05) is 0 Å². The molecular weight excluding hydrogens is 218 g/mol. The average molecular weight is 241 g/mol. The van der Waals surface area contributed by atoms with Crippen LogP contribution in [0.1, 0.15) is 51.9 Å². The van der Waals surface area contributed by atoms with Gasteiger partial charge in [-0.25, -0.2) is 4.79 Å². The molecule has 0 aromatic carbocycles. The first-order chi connectivity index (χ1) is 8.17. The third kappa shape index (κ3) is 6.89. The summed E-state index contributed by atoms with van der Waals surface area (Å²) in [5, 5.41) is 0. The minimum atomic E-state index is -0.774. The molecule has 0 aromatic heterocycles. The highest BCUT2D eigenvalue weighted by atomic mass is 16.7. The van der Waals surface area contributed by atoms with E-state index in [0.717, 1.165) is 25.3 Å². The van der Waals surface area contributed by atoms with Crippen LogP contribution in [0.15, 0.2) is 12.7 Å². The lowest BCUT2D eigenvalue weighted by Gasteiger charge is -2.10. The summed E-state index contributed by atoms with van der Waals surface area (Å²) in [6.45, 7) is 5.53. The molecule has 0 saturated carbocycles. The van der Waals surface area contributed by atoms with Gasteiger partial charge in [-0.1, -0.05) is 52.0 Å². The fourth-order valence-electron chi connectivity index (χ4n) is 1.73. The maximum Gasteiger partial charge on any atom is 0.335 e. The monoisotopic (exact) mass is 241 g/mol. The zero-order chi connectivity index (χ0) is 13.1. The SMILES string of the molecule is C=CC(=O)C(CCCCCCCC)C(=O)ON. The van der Waals surface area contributed by atoms with Crippen molar-refractivity contribution in [2.45, 2.75) is 51.9 Å². The van der Waals surface area contributed by atoms with E-state index >= 15 is 0 Å². The zero-order valence-electron chi connectivity index (χ0n) is 10.6. The Morgan fingerprint density at radius 2 is 1.82 bits per heavy atom. The molecule has 0 radical (unpaired) electrons. The molecule has 4 heteroatoms. The summed E-state index contributed by atoms with van der Waals surface area (Å²) >= 11 is 0. The van der Waals surface area contributed by atoms with Crippen molar-refractivity contribution in [1.29, 1.82) is 0 Å². The van der Waals surface area contributed by atoms with Gasteiger partial charge in [-0.2, -0.15) is 5.90 Å². The van der Waals surface area contributed by atoms with Crippen molar-refractivity contribution < 1.29 is 14.4 Å². The number of nitrogens with two attached hydrogens (primary N) is 1. The molecule has 2 N–H and O–H groups in total. The number of allylic oxidation sites excluding steroid dienone is 1. The second-order valence-electron chi connectivity index (χ2n) is 4.15. The third-order valence-electron chi connectivity index (χ3n) is 2.79. The van der Waals surface area contributed by atoms with Crippen molar-refractivity contribution in [3.63, 3.8) is 0 Å². The Balaban J connectivity index is 3.89. The molecule has 0 aromatic rings. The van der Waals surface area contributed by atoms with E-state index < -0.39 is 11.9 Å². The molecule has 0 aliphatic carbocycles. The number of carbonyl (C=O) groups is 2. The number of carbonyl (C=O) groups excluding carboxylic acids is 2. The molecule has 0 heterocycles. The van der Waals surface area contributed by atoms with Crippen molar-refractivity contribution in [2.24, 2.45) is 11.8 Å². The Morgan fingerprint density at radius 1 is 1.24 bits per heavy atom. The van der Waals surface area contributed by atoms with Crippen LogP contribution in [0, 0.1) is 5.92 Å². The molecule has 0 aliphatic heterocycles. The summed E-state index contributed by atoms with van der Waals surface area (Å²) in [4.78, 5) is 26.8. The van der Waals surface area contributed by atoms with Crippen LogP contribution in [0.5, 0.6) is 0 Å². The lowest BCUT2D eigenvalue weighted by Crippen LogP contribution is -2.27. The quantitative estimate of drug-likeness (QED) is 0.276. The molecule has 0 amide bonds. The molecule has 4 nitrogen and oxygen atoms in total. The highest BCUT2D eigenvalue weighted by Crippen LogP contribution is 2.14. The molecule has 1 atom stereocenters. The van der Waals surface area contributed by atoms with Gasteiger partial charge in [-0.15, -0.1) is 0 Å². The molecule has 17 heavy (non-hydrogen) atoms. The zero-order valence-corrected chi connectivity index (χ0v) is 10.6. The summed E-state index contributed by atoms with van der Waals surface area (Å²) in [6, 6.07) is 0. The van der Waals surface area contributed by atoms with Crippen molar-refractivity contribution in [3.05, 3.63) is 12.7 Å². The van der Waals surface area contributed by atoms with Gasteiger partial charge in [0.1, 0.15) is 5.92 Å². The van der Waals surface area contributed by atoms with E-state index in [1.807, 2.05) is 0 Å². The van der Waals surface area contributed by atoms with Gasteiger partial charge in [-0.3, -0.25) is 4.79 Å². The van der Waals surface area contributed by atoms with E-state index in [1.165, 1.54) is 19.3 Å². The highest BCUT2D eigenvalue weighted by Gasteiger charge is 2.24. The maximum absolute atomic E-state index is 11.4. The van der Waals surface area contributed by atoms with E-state index in [-0.39, 0.29) is 5.78 Å². The summed E-state index contributed by atoms with van der Waals surface area (Å²) in [5.74, 6) is 3.05. The van der Waals surface area contributed by atoms with E-state index in [1.54, 1.807) is 0 Å². The Hall–Kier alpha value is -1.16. The smallest absolute Gasteiger partial charge is 0.335 e. The molecule has 98 valence electrons. The van der Waals surface area contributed by atoms with Crippen LogP contribution in [0.3, 0.4) is 0 Å². The highest BCUT2D eigenvalue weighted by molar-refractivity contribution is 6.04. The lowest BCUT2D eigenvalue weighted by molar-refractivity contribution is -0.151. The standard InChI is InChI=1S/C13H23NO3/c1-3-5-6-7-8-9-10-11(12(15)4-2)13(16)17-14/h4,11H,2-3,5-10,14H2,1H3. The summed E-state index contributed by atoms with van der Waals surface area (Å²) in [6.07, 6.45) is 8.29. The second kappa shape index (κ2) is 10.0. The van der Waals surface area contributed by atoms with E-state index in [0.29, 0.717) is 6.42 Å². The van der Waals surface area contributed by atoms with Crippen LogP contribution in [0.4, 0.5) is 0 Å². The topological polar surface area (TPSA) is 69.4 Å². The van der Waals surface area contributed by atoms with Gasteiger partial charge in [0.05, 0.1) is 0 Å². The van der Waals surface area contributed by atoms with Crippen LogP contribution in [-0.2, 0) is 14.4 Å². The predicted molar refractivity (Wildman–Crippen MR) is 67.0 cm³/mol. The van der Waals surface area contributed by atoms with Crippen molar-refractivity contribution in [2.75, 3.05) is 0 Å².